The molecule has 0 aliphatic heterocycles. The first-order chi connectivity index (χ1) is 6.75. The lowest BCUT2D eigenvalue weighted by Crippen LogP contribution is -2.13. The lowest BCUT2D eigenvalue weighted by molar-refractivity contribution is -0.137. The molecule has 0 fully saturated rings. The van der Waals surface area contributed by atoms with Gasteiger partial charge < -0.3 is 10.8 Å². The summed E-state index contributed by atoms with van der Waals surface area (Å²) >= 11 is 0. The lowest BCUT2D eigenvalue weighted by atomic mass is 10.0. The van der Waals surface area contributed by atoms with Gasteiger partial charge in [-0.1, -0.05) is 0 Å². The number of nitrogen functional groups attached to an aromatic ring is 1. The van der Waals surface area contributed by atoms with Crippen LogP contribution < -0.4 is 5.73 Å². The molecule has 3 nitrogen and oxygen atoms in total. The summed E-state index contributed by atoms with van der Waals surface area (Å²) in [6.07, 6.45) is -4.66. The van der Waals surface area contributed by atoms with Gasteiger partial charge in [0.2, 0.25) is 0 Å². The van der Waals surface area contributed by atoms with Crippen molar-refractivity contribution in [3.8, 4) is 5.75 Å². The lowest BCUT2D eigenvalue weighted by Gasteiger charge is -2.13. The van der Waals surface area contributed by atoms with E-state index in [4.69, 9.17) is 10.8 Å². The second-order valence-corrected chi connectivity index (χ2v) is 2.97. The SMILES string of the molecule is CC(=O)c1c(C(F)(F)F)ccc(O)c1N. The van der Waals surface area contributed by atoms with Crippen molar-refractivity contribution in [1.29, 1.82) is 0 Å². The number of Topliss-reactive ketones (excluding diaryl/α,β-unsaturated/α-hetero) is 1. The number of ketones is 1. The minimum absolute atomic E-state index is 0.534. The Hall–Kier alpha value is -1.72. The zero-order chi connectivity index (χ0) is 11.8. The Morgan fingerprint density at radius 3 is 2.33 bits per heavy atom. The van der Waals surface area contributed by atoms with Crippen molar-refractivity contribution in [1.82, 2.24) is 0 Å². The number of carbonyl (C=O) groups excluding carboxylic acids is 1. The van der Waals surface area contributed by atoms with Crippen LogP contribution in [0.4, 0.5) is 18.9 Å². The number of phenolic OH excluding ortho intramolecular Hbond substituents is 1. The fourth-order valence-corrected chi connectivity index (χ4v) is 1.22. The van der Waals surface area contributed by atoms with Gasteiger partial charge >= 0.3 is 6.18 Å². The Bertz CT molecular complexity index is 413. The van der Waals surface area contributed by atoms with Crippen LogP contribution in [-0.4, -0.2) is 10.9 Å². The summed E-state index contributed by atoms with van der Waals surface area (Å²) in [5.74, 6) is -1.37. The average Bonchev–Trinajstić information content (AvgIpc) is 2.06. The van der Waals surface area contributed by atoms with E-state index in [0.717, 1.165) is 13.0 Å². The van der Waals surface area contributed by atoms with Crippen LogP contribution in [0, 0.1) is 0 Å². The first-order valence-electron chi connectivity index (χ1n) is 3.94. The number of carbonyl (C=O) groups is 1. The molecule has 0 saturated carbocycles. The number of aromatic hydroxyl groups is 1. The third-order valence-electron chi connectivity index (χ3n) is 1.88. The van der Waals surface area contributed by atoms with Crippen LogP contribution in [0.3, 0.4) is 0 Å². The average molecular weight is 219 g/mol. The largest absolute Gasteiger partial charge is 0.506 e. The molecule has 6 heteroatoms. The highest BCUT2D eigenvalue weighted by Gasteiger charge is 2.36. The van der Waals surface area contributed by atoms with Gasteiger partial charge in [0.25, 0.3) is 0 Å². The maximum atomic E-state index is 12.4. The normalized spacial score (nSPS) is 11.5. The van der Waals surface area contributed by atoms with Gasteiger partial charge in [-0.05, 0) is 19.1 Å². The second-order valence-electron chi connectivity index (χ2n) is 2.97. The molecule has 3 N–H and O–H groups in total. The van der Waals surface area contributed by atoms with Gasteiger partial charge in [0, 0.05) is 0 Å². The van der Waals surface area contributed by atoms with Crippen molar-refractivity contribution < 1.29 is 23.1 Å². The summed E-state index contributed by atoms with van der Waals surface area (Å²) in [5, 5.41) is 9.09. The number of hydrogen-bond donors (Lipinski definition) is 2. The number of nitrogens with two attached hydrogens (primary N) is 1. The van der Waals surface area contributed by atoms with Crippen molar-refractivity contribution >= 4 is 11.5 Å². The Balaban J connectivity index is 3.55. The molecule has 0 saturated heterocycles. The van der Waals surface area contributed by atoms with E-state index in [1.165, 1.54) is 0 Å². The monoisotopic (exact) mass is 219 g/mol. The van der Waals surface area contributed by atoms with Crippen LogP contribution in [0.25, 0.3) is 0 Å². The number of phenols is 1. The standard InChI is InChI=1S/C9H8F3NO2/c1-4(14)7-5(9(10,11)12)2-3-6(15)8(7)13/h2-3,15H,13H2,1H3. The molecule has 0 amide bonds. The molecule has 1 aromatic carbocycles. The van der Waals surface area contributed by atoms with Crippen molar-refractivity contribution in [2.45, 2.75) is 13.1 Å². The first-order valence-corrected chi connectivity index (χ1v) is 3.94. The van der Waals surface area contributed by atoms with Crippen LogP contribution in [0.15, 0.2) is 12.1 Å². The van der Waals surface area contributed by atoms with Crippen LogP contribution in [0.5, 0.6) is 5.75 Å². The molecule has 1 rings (SSSR count). The summed E-state index contributed by atoms with van der Waals surface area (Å²) in [6, 6.07) is 1.44. The van der Waals surface area contributed by atoms with Crippen LogP contribution in [-0.2, 0) is 6.18 Å². The number of rotatable bonds is 1. The maximum absolute atomic E-state index is 12.4. The zero-order valence-electron chi connectivity index (χ0n) is 7.72. The Labute approximate surface area is 83.3 Å². The van der Waals surface area contributed by atoms with Gasteiger partial charge in [0.15, 0.2) is 5.78 Å². The Morgan fingerprint density at radius 2 is 1.93 bits per heavy atom. The number of halogens is 3. The second kappa shape index (κ2) is 3.45. The molecule has 1 aromatic rings. The number of hydrogen-bond acceptors (Lipinski definition) is 3. The van der Waals surface area contributed by atoms with Crippen molar-refractivity contribution in [3.63, 3.8) is 0 Å². The summed E-state index contributed by atoms with van der Waals surface area (Å²) in [5.41, 5.74) is 2.84. The molecule has 82 valence electrons. The highest BCUT2D eigenvalue weighted by atomic mass is 19.4. The van der Waals surface area contributed by atoms with Crippen molar-refractivity contribution in [3.05, 3.63) is 23.3 Å². The van der Waals surface area contributed by atoms with E-state index in [1.54, 1.807) is 0 Å². The van der Waals surface area contributed by atoms with E-state index in [0.29, 0.717) is 6.07 Å². The van der Waals surface area contributed by atoms with Gasteiger partial charge in [0.05, 0.1) is 16.8 Å². The summed E-state index contributed by atoms with van der Waals surface area (Å²) in [6.45, 7) is 0.959. The van der Waals surface area contributed by atoms with E-state index in [2.05, 4.69) is 0 Å². The fourth-order valence-electron chi connectivity index (χ4n) is 1.22. The predicted molar refractivity (Wildman–Crippen MR) is 47.5 cm³/mol. The molecule has 0 radical (unpaired) electrons. The molecule has 0 spiro atoms. The summed E-state index contributed by atoms with van der Waals surface area (Å²) in [4.78, 5) is 11.0. The molecule has 0 atom stereocenters. The van der Waals surface area contributed by atoms with E-state index >= 15 is 0 Å². The molecule has 0 bridgehead atoms. The van der Waals surface area contributed by atoms with E-state index in [1.807, 2.05) is 0 Å². The van der Waals surface area contributed by atoms with E-state index < -0.39 is 34.5 Å². The van der Waals surface area contributed by atoms with Gasteiger partial charge in [0.1, 0.15) is 5.75 Å². The van der Waals surface area contributed by atoms with Crippen molar-refractivity contribution in [2.24, 2.45) is 0 Å². The predicted octanol–water partition coefficient (Wildman–Crippen LogP) is 2.20. The molecule has 0 unspecified atom stereocenters. The van der Waals surface area contributed by atoms with E-state index in [9.17, 15) is 18.0 Å². The molecule has 0 heterocycles. The van der Waals surface area contributed by atoms with Crippen LogP contribution in [0.2, 0.25) is 0 Å². The first kappa shape index (κ1) is 11.4. The Kier molecular flexibility index (Phi) is 2.61. The van der Waals surface area contributed by atoms with Crippen LogP contribution in [0.1, 0.15) is 22.8 Å². The van der Waals surface area contributed by atoms with Gasteiger partial charge in [-0.15, -0.1) is 0 Å². The fraction of sp³-hybridized carbons (Fsp3) is 0.222. The van der Waals surface area contributed by atoms with Gasteiger partial charge in [-0.3, -0.25) is 4.79 Å². The molecular weight excluding hydrogens is 211 g/mol. The number of benzene rings is 1. The maximum Gasteiger partial charge on any atom is 0.417 e. The molecule has 0 aromatic heterocycles. The topological polar surface area (TPSA) is 63.3 Å². The Morgan fingerprint density at radius 1 is 1.40 bits per heavy atom. The third kappa shape index (κ3) is 2.03. The highest BCUT2D eigenvalue weighted by Crippen LogP contribution is 2.37. The zero-order valence-corrected chi connectivity index (χ0v) is 7.72. The third-order valence-corrected chi connectivity index (χ3v) is 1.88. The van der Waals surface area contributed by atoms with Gasteiger partial charge in [-0.2, -0.15) is 13.2 Å². The number of anilines is 1. The minimum Gasteiger partial charge on any atom is -0.506 e. The van der Waals surface area contributed by atoms with Crippen LogP contribution >= 0.6 is 0 Å². The van der Waals surface area contributed by atoms with Gasteiger partial charge in [-0.25, -0.2) is 0 Å². The molecule has 0 aliphatic rings. The van der Waals surface area contributed by atoms with E-state index in [-0.39, 0.29) is 0 Å². The number of alkyl halides is 3. The quantitative estimate of drug-likeness (QED) is 0.432. The molecule has 0 aliphatic carbocycles. The summed E-state index contributed by atoms with van der Waals surface area (Å²) < 4.78 is 37.3. The molecule has 15 heavy (non-hydrogen) atoms. The summed E-state index contributed by atoms with van der Waals surface area (Å²) in [7, 11) is 0. The smallest absolute Gasteiger partial charge is 0.417 e. The highest BCUT2D eigenvalue weighted by molar-refractivity contribution is 6.01. The molecular formula is C9H8F3NO2. The van der Waals surface area contributed by atoms with Crippen molar-refractivity contribution in [2.75, 3.05) is 5.73 Å². The minimum atomic E-state index is -4.66.